The molecule has 2 aliphatic rings. The van der Waals surface area contributed by atoms with Gasteiger partial charge in [0.2, 0.25) is 5.75 Å². The number of amides is 1. The molecule has 1 aromatic heterocycles. The van der Waals surface area contributed by atoms with Crippen molar-refractivity contribution in [3.05, 3.63) is 66.0 Å². The number of methoxy groups -OCH3 is 2. The highest BCUT2D eigenvalue weighted by molar-refractivity contribution is 5.94. The van der Waals surface area contributed by atoms with Crippen LogP contribution in [-0.2, 0) is 11.3 Å². The molecule has 0 N–H and O–H groups in total. The van der Waals surface area contributed by atoms with Crippen molar-refractivity contribution >= 4 is 5.91 Å². The van der Waals surface area contributed by atoms with E-state index in [1.807, 2.05) is 53.6 Å². The van der Waals surface area contributed by atoms with Gasteiger partial charge in [-0.15, -0.1) is 0 Å². The lowest BCUT2D eigenvalue weighted by Crippen LogP contribution is -2.38. The lowest BCUT2D eigenvalue weighted by atomic mass is 10.1. The van der Waals surface area contributed by atoms with E-state index in [2.05, 4.69) is 5.10 Å². The van der Waals surface area contributed by atoms with Crippen molar-refractivity contribution in [2.75, 3.05) is 27.4 Å². The highest BCUT2D eigenvalue weighted by atomic mass is 16.6. The standard InChI is InChI=1S/C29H35N3O5/c1-34-26-17-21(18-27(35-2)28(26)37-20-25-9-5-16-36-25)19-31(23-7-3-4-8-23)29(33)22-10-12-24(13-11-22)32-15-6-14-30-32/h6,10-15,17-18,23,25H,3-5,7-9,16,19-20H2,1-2H3/t25-/m0/s1. The Kier molecular flexibility index (Phi) is 7.94. The van der Waals surface area contributed by atoms with Gasteiger partial charge in [-0.2, -0.15) is 5.10 Å². The van der Waals surface area contributed by atoms with Gasteiger partial charge in [0, 0.05) is 37.2 Å². The Hall–Kier alpha value is -3.52. The molecule has 37 heavy (non-hydrogen) atoms. The number of benzene rings is 2. The number of carbonyl (C=O) groups is 1. The molecule has 2 aromatic carbocycles. The van der Waals surface area contributed by atoms with Crippen molar-refractivity contribution in [1.29, 1.82) is 0 Å². The van der Waals surface area contributed by atoms with Crippen molar-refractivity contribution in [1.82, 2.24) is 14.7 Å². The predicted molar refractivity (Wildman–Crippen MR) is 140 cm³/mol. The van der Waals surface area contributed by atoms with Crippen LogP contribution in [0.2, 0.25) is 0 Å². The largest absolute Gasteiger partial charge is 0.493 e. The quantitative estimate of drug-likeness (QED) is 0.385. The van der Waals surface area contributed by atoms with E-state index in [1.54, 1.807) is 25.1 Å². The van der Waals surface area contributed by atoms with E-state index in [0.717, 1.165) is 56.4 Å². The zero-order valence-electron chi connectivity index (χ0n) is 21.6. The molecule has 0 radical (unpaired) electrons. The maximum absolute atomic E-state index is 13.8. The van der Waals surface area contributed by atoms with Crippen LogP contribution in [0, 0.1) is 0 Å². The van der Waals surface area contributed by atoms with E-state index >= 15 is 0 Å². The van der Waals surface area contributed by atoms with Gasteiger partial charge in [-0.05, 0) is 73.7 Å². The maximum Gasteiger partial charge on any atom is 0.254 e. The average molecular weight is 506 g/mol. The van der Waals surface area contributed by atoms with Gasteiger partial charge in [0.25, 0.3) is 5.91 Å². The fourth-order valence-corrected chi connectivity index (χ4v) is 5.24. The van der Waals surface area contributed by atoms with Crippen LogP contribution in [-0.4, -0.2) is 60.2 Å². The van der Waals surface area contributed by atoms with E-state index in [0.29, 0.717) is 36.0 Å². The van der Waals surface area contributed by atoms with Crippen LogP contribution in [0.25, 0.3) is 5.69 Å². The first-order valence-corrected chi connectivity index (χ1v) is 13.1. The minimum atomic E-state index is 0.0237. The molecule has 8 heteroatoms. The van der Waals surface area contributed by atoms with Gasteiger partial charge in [-0.25, -0.2) is 4.68 Å². The normalized spacial score (nSPS) is 17.6. The molecule has 1 aliphatic heterocycles. The second-order valence-corrected chi connectivity index (χ2v) is 9.64. The first-order valence-electron chi connectivity index (χ1n) is 13.1. The summed E-state index contributed by atoms with van der Waals surface area (Å²) < 4.78 is 24.9. The van der Waals surface area contributed by atoms with Gasteiger partial charge in [-0.1, -0.05) is 12.8 Å². The zero-order valence-corrected chi connectivity index (χ0v) is 21.6. The van der Waals surface area contributed by atoms with Crippen LogP contribution in [0.4, 0.5) is 0 Å². The first-order chi connectivity index (χ1) is 18.2. The lowest BCUT2D eigenvalue weighted by Gasteiger charge is -2.30. The number of rotatable bonds is 10. The molecular weight excluding hydrogens is 470 g/mol. The SMILES string of the molecule is COc1cc(CN(C(=O)c2ccc(-n3cccn3)cc2)C2CCCC2)cc(OC)c1OC[C@@H]1CCCO1. The molecule has 0 unspecified atom stereocenters. The smallest absolute Gasteiger partial charge is 0.254 e. The average Bonchev–Trinajstić information content (AvgIpc) is 3.74. The van der Waals surface area contributed by atoms with Crippen molar-refractivity contribution < 1.29 is 23.7 Å². The minimum absolute atomic E-state index is 0.0237. The third kappa shape index (κ3) is 5.74. The summed E-state index contributed by atoms with van der Waals surface area (Å²) in [6.07, 6.45) is 10.0. The van der Waals surface area contributed by atoms with Gasteiger partial charge >= 0.3 is 0 Å². The highest BCUT2D eigenvalue weighted by Gasteiger charge is 2.29. The molecular formula is C29H35N3O5. The molecule has 5 rings (SSSR count). The minimum Gasteiger partial charge on any atom is -0.493 e. The second kappa shape index (κ2) is 11.7. The van der Waals surface area contributed by atoms with Crippen LogP contribution in [0.1, 0.15) is 54.4 Å². The molecule has 1 aliphatic carbocycles. The molecule has 196 valence electrons. The highest BCUT2D eigenvalue weighted by Crippen LogP contribution is 2.40. The Balaban J connectivity index is 1.38. The number of carbonyl (C=O) groups excluding carboxylic acids is 1. The molecule has 2 fully saturated rings. The van der Waals surface area contributed by atoms with Gasteiger partial charge in [-0.3, -0.25) is 4.79 Å². The third-order valence-electron chi connectivity index (χ3n) is 7.22. The summed E-state index contributed by atoms with van der Waals surface area (Å²) in [6.45, 7) is 1.69. The monoisotopic (exact) mass is 505 g/mol. The number of hydrogen-bond acceptors (Lipinski definition) is 6. The summed E-state index contributed by atoms with van der Waals surface area (Å²) in [4.78, 5) is 15.8. The molecule has 0 bridgehead atoms. The van der Waals surface area contributed by atoms with Gasteiger partial charge in [0.1, 0.15) is 6.61 Å². The molecule has 2 heterocycles. The molecule has 1 atom stereocenters. The van der Waals surface area contributed by atoms with Crippen LogP contribution >= 0.6 is 0 Å². The van der Waals surface area contributed by atoms with Crippen molar-refractivity contribution in [2.24, 2.45) is 0 Å². The lowest BCUT2D eigenvalue weighted by molar-refractivity contribution is 0.0652. The van der Waals surface area contributed by atoms with Crippen LogP contribution in [0.15, 0.2) is 54.9 Å². The topological polar surface area (TPSA) is 75.1 Å². The summed E-state index contributed by atoms with van der Waals surface area (Å²) in [5.74, 6) is 1.78. The summed E-state index contributed by atoms with van der Waals surface area (Å²) in [6, 6.07) is 13.6. The van der Waals surface area contributed by atoms with Crippen LogP contribution in [0.5, 0.6) is 17.2 Å². The fourth-order valence-electron chi connectivity index (χ4n) is 5.24. The van der Waals surface area contributed by atoms with Crippen LogP contribution in [0.3, 0.4) is 0 Å². The van der Waals surface area contributed by atoms with E-state index in [9.17, 15) is 4.79 Å². The Morgan fingerprint density at radius 3 is 2.38 bits per heavy atom. The van der Waals surface area contributed by atoms with E-state index < -0.39 is 0 Å². The van der Waals surface area contributed by atoms with Crippen molar-refractivity contribution in [2.45, 2.75) is 57.2 Å². The van der Waals surface area contributed by atoms with E-state index in [4.69, 9.17) is 18.9 Å². The molecule has 0 spiro atoms. The van der Waals surface area contributed by atoms with E-state index in [-0.39, 0.29) is 18.1 Å². The Labute approximate surface area is 218 Å². The Morgan fingerprint density at radius 2 is 1.78 bits per heavy atom. The maximum atomic E-state index is 13.8. The fraction of sp³-hybridized carbons (Fsp3) is 0.448. The Morgan fingerprint density at radius 1 is 1.05 bits per heavy atom. The summed E-state index contributed by atoms with van der Waals surface area (Å²) in [7, 11) is 3.25. The third-order valence-corrected chi connectivity index (χ3v) is 7.22. The van der Waals surface area contributed by atoms with Crippen molar-refractivity contribution in [3.8, 4) is 22.9 Å². The first kappa shape index (κ1) is 25.1. The van der Waals surface area contributed by atoms with Gasteiger partial charge < -0.3 is 23.8 Å². The van der Waals surface area contributed by atoms with Crippen molar-refractivity contribution in [3.63, 3.8) is 0 Å². The summed E-state index contributed by atoms with van der Waals surface area (Å²) in [5, 5.41) is 4.27. The summed E-state index contributed by atoms with van der Waals surface area (Å²) in [5.41, 5.74) is 2.52. The Bertz CT molecular complexity index is 1140. The molecule has 8 nitrogen and oxygen atoms in total. The number of hydrogen-bond donors (Lipinski definition) is 0. The van der Waals surface area contributed by atoms with Gasteiger partial charge in [0.15, 0.2) is 11.5 Å². The molecule has 1 amide bonds. The summed E-state index contributed by atoms with van der Waals surface area (Å²) >= 11 is 0. The molecule has 1 saturated carbocycles. The number of nitrogens with zero attached hydrogens (tertiary/aromatic N) is 3. The molecule has 3 aromatic rings. The second-order valence-electron chi connectivity index (χ2n) is 9.64. The zero-order chi connectivity index (χ0) is 25.6. The van der Waals surface area contributed by atoms with Crippen LogP contribution < -0.4 is 14.2 Å². The van der Waals surface area contributed by atoms with E-state index in [1.165, 1.54) is 0 Å². The van der Waals surface area contributed by atoms with Gasteiger partial charge in [0.05, 0.1) is 26.0 Å². The predicted octanol–water partition coefficient (Wildman–Crippen LogP) is 5.03. The number of aromatic nitrogens is 2. The molecule has 1 saturated heterocycles. The number of ether oxygens (including phenoxy) is 4.